The maximum atomic E-state index is 11.3. The molecule has 0 aliphatic heterocycles. The van der Waals surface area contributed by atoms with Gasteiger partial charge in [0.2, 0.25) is 0 Å². The summed E-state index contributed by atoms with van der Waals surface area (Å²) in [6, 6.07) is 7.49. The van der Waals surface area contributed by atoms with Crippen LogP contribution in [-0.4, -0.2) is 12.5 Å². The van der Waals surface area contributed by atoms with Gasteiger partial charge in [-0.2, -0.15) is 0 Å². The van der Waals surface area contributed by atoms with E-state index in [2.05, 4.69) is 12.2 Å². The van der Waals surface area contributed by atoms with Crippen molar-refractivity contribution in [3.05, 3.63) is 24.3 Å². The average Bonchev–Trinajstić information content (AvgIpc) is 2.27. The van der Waals surface area contributed by atoms with Crippen molar-refractivity contribution >= 4 is 11.7 Å². The first kappa shape index (κ1) is 12.6. The Kier molecular flexibility index (Phi) is 5.40. The summed E-state index contributed by atoms with van der Waals surface area (Å²) in [6.45, 7) is 4.99. The summed E-state index contributed by atoms with van der Waals surface area (Å²) >= 11 is 0. The molecule has 0 bridgehead atoms. The Morgan fingerprint density at radius 2 is 2.12 bits per heavy atom. The van der Waals surface area contributed by atoms with Crippen molar-refractivity contribution in [3.63, 3.8) is 0 Å². The van der Waals surface area contributed by atoms with Gasteiger partial charge < -0.3 is 10.1 Å². The summed E-state index contributed by atoms with van der Waals surface area (Å²) in [4.78, 5) is 11.3. The van der Waals surface area contributed by atoms with Crippen molar-refractivity contribution < 1.29 is 9.53 Å². The third kappa shape index (κ3) is 4.34. The van der Waals surface area contributed by atoms with Crippen molar-refractivity contribution in [2.45, 2.75) is 33.1 Å². The molecule has 1 aromatic carbocycles. The molecule has 0 saturated carbocycles. The van der Waals surface area contributed by atoms with Crippen LogP contribution in [0, 0.1) is 0 Å². The number of anilines is 1. The molecular weight excluding hydrogens is 202 g/mol. The number of esters is 1. The Bertz CT molecular complexity index is 336. The predicted molar refractivity (Wildman–Crippen MR) is 65.8 cm³/mol. The minimum absolute atomic E-state index is 0.171. The largest absolute Gasteiger partial charge is 0.426 e. The summed E-state index contributed by atoms with van der Waals surface area (Å²) in [5.41, 5.74) is 0.989. The van der Waals surface area contributed by atoms with E-state index < -0.39 is 0 Å². The monoisotopic (exact) mass is 221 g/mol. The number of ether oxygens (including phenoxy) is 1. The quantitative estimate of drug-likeness (QED) is 0.592. The molecule has 0 fully saturated rings. The second-order valence-electron chi connectivity index (χ2n) is 3.68. The van der Waals surface area contributed by atoms with Crippen molar-refractivity contribution in [2.75, 3.05) is 11.9 Å². The first-order valence-corrected chi connectivity index (χ1v) is 5.81. The van der Waals surface area contributed by atoms with Crippen LogP contribution in [0.4, 0.5) is 5.69 Å². The van der Waals surface area contributed by atoms with E-state index in [1.54, 1.807) is 6.07 Å². The molecule has 0 aliphatic carbocycles. The van der Waals surface area contributed by atoms with Crippen molar-refractivity contribution in [1.29, 1.82) is 0 Å². The number of carbonyl (C=O) groups is 1. The van der Waals surface area contributed by atoms with Gasteiger partial charge in [-0.3, -0.25) is 4.79 Å². The van der Waals surface area contributed by atoms with Crippen LogP contribution in [0.25, 0.3) is 0 Å². The third-order valence-corrected chi connectivity index (χ3v) is 2.10. The molecule has 0 amide bonds. The molecule has 1 rings (SSSR count). The van der Waals surface area contributed by atoms with Gasteiger partial charge in [-0.15, -0.1) is 0 Å². The lowest BCUT2D eigenvalue weighted by Gasteiger charge is -2.07. The molecule has 0 spiro atoms. The summed E-state index contributed by atoms with van der Waals surface area (Å²) in [7, 11) is 0. The van der Waals surface area contributed by atoms with Crippen LogP contribution in [0.2, 0.25) is 0 Å². The van der Waals surface area contributed by atoms with Gasteiger partial charge >= 0.3 is 5.97 Å². The Labute approximate surface area is 96.8 Å². The van der Waals surface area contributed by atoms with Gasteiger partial charge in [0, 0.05) is 24.7 Å². The summed E-state index contributed by atoms with van der Waals surface area (Å²) in [5.74, 6) is 0.440. The molecule has 0 radical (unpaired) electrons. The fourth-order valence-corrected chi connectivity index (χ4v) is 1.33. The van der Waals surface area contributed by atoms with Crippen molar-refractivity contribution in [1.82, 2.24) is 0 Å². The van der Waals surface area contributed by atoms with E-state index in [1.807, 2.05) is 25.1 Å². The van der Waals surface area contributed by atoms with E-state index in [-0.39, 0.29) is 5.97 Å². The first-order valence-electron chi connectivity index (χ1n) is 5.81. The first-order chi connectivity index (χ1) is 7.76. The Balaban J connectivity index is 2.56. The van der Waals surface area contributed by atoms with Gasteiger partial charge in [0.25, 0.3) is 0 Å². The molecule has 3 nitrogen and oxygen atoms in total. The van der Waals surface area contributed by atoms with Crippen LogP contribution in [0.15, 0.2) is 24.3 Å². The SMILES string of the molecule is CCCNc1cccc(OC(=O)CCC)c1. The number of benzene rings is 1. The molecule has 1 N–H and O–H groups in total. The van der Waals surface area contributed by atoms with Crippen molar-refractivity contribution in [2.24, 2.45) is 0 Å². The van der Waals surface area contributed by atoms with Gasteiger partial charge in [0.1, 0.15) is 5.75 Å². The van der Waals surface area contributed by atoms with Crippen LogP contribution >= 0.6 is 0 Å². The van der Waals surface area contributed by atoms with E-state index in [1.165, 1.54) is 0 Å². The lowest BCUT2D eigenvalue weighted by molar-refractivity contribution is -0.134. The van der Waals surface area contributed by atoms with Gasteiger partial charge in [-0.25, -0.2) is 0 Å². The van der Waals surface area contributed by atoms with E-state index in [4.69, 9.17) is 4.74 Å². The van der Waals surface area contributed by atoms with E-state index >= 15 is 0 Å². The summed E-state index contributed by atoms with van der Waals surface area (Å²) in [5, 5.41) is 3.25. The number of carbonyl (C=O) groups excluding carboxylic acids is 1. The predicted octanol–water partition coefficient (Wildman–Crippen LogP) is 3.21. The van der Waals surface area contributed by atoms with Crippen LogP contribution < -0.4 is 10.1 Å². The topological polar surface area (TPSA) is 38.3 Å². The van der Waals surface area contributed by atoms with E-state index in [0.29, 0.717) is 12.2 Å². The standard InChI is InChI=1S/C13H19NO2/c1-3-6-13(15)16-12-8-5-7-11(10-12)14-9-4-2/h5,7-8,10,14H,3-4,6,9H2,1-2H3. The zero-order chi connectivity index (χ0) is 11.8. The highest BCUT2D eigenvalue weighted by Crippen LogP contribution is 2.17. The molecule has 0 unspecified atom stereocenters. The summed E-state index contributed by atoms with van der Waals surface area (Å²) < 4.78 is 5.20. The fourth-order valence-electron chi connectivity index (χ4n) is 1.33. The third-order valence-electron chi connectivity index (χ3n) is 2.10. The molecule has 88 valence electrons. The average molecular weight is 221 g/mol. The highest BCUT2D eigenvalue weighted by molar-refractivity contribution is 5.72. The number of hydrogen-bond donors (Lipinski definition) is 1. The Morgan fingerprint density at radius 1 is 1.31 bits per heavy atom. The molecule has 3 heteroatoms. The lowest BCUT2D eigenvalue weighted by Crippen LogP contribution is -2.07. The van der Waals surface area contributed by atoms with Crippen molar-refractivity contribution in [3.8, 4) is 5.75 Å². The maximum absolute atomic E-state index is 11.3. The molecule has 0 atom stereocenters. The van der Waals surface area contributed by atoms with Crippen LogP contribution in [0.5, 0.6) is 5.75 Å². The van der Waals surface area contributed by atoms with Gasteiger partial charge in [0.15, 0.2) is 0 Å². The minimum Gasteiger partial charge on any atom is -0.426 e. The van der Waals surface area contributed by atoms with Gasteiger partial charge in [-0.05, 0) is 25.0 Å². The van der Waals surface area contributed by atoms with E-state index in [0.717, 1.165) is 25.1 Å². The van der Waals surface area contributed by atoms with Crippen LogP contribution in [0.1, 0.15) is 33.1 Å². The normalized spacial score (nSPS) is 9.88. The molecule has 16 heavy (non-hydrogen) atoms. The molecule has 1 aromatic rings. The van der Waals surface area contributed by atoms with Crippen LogP contribution in [0.3, 0.4) is 0 Å². The zero-order valence-electron chi connectivity index (χ0n) is 9.95. The molecule has 0 heterocycles. The zero-order valence-corrected chi connectivity index (χ0v) is 9.95. The molecule has 0 aromatic heterocycles. The van der Waals surface area contributed by atoms with Crippen LogP contribution in [-0.2, 0) is 4.79 Å². The Hall–Kier alpha value is -1.51. The molecular formula is C13H19NO2. The second-order valence-corrected chi connectivity index (χ2v) is 3.68. The lowest BCUT2D eigenvalue weighted by atomic mass is 10.3. The van der Waals surface area contributed by atoms with Gasteiger partial charge in [0.05, 0.1) is 0 Å². The van der Waals surface area contributed by atoms with E-state index in [9.17, 15) is 4.79 Å². The molecule has 0 saturated heterocycles. The van der Waals surface area contributed by atoms with Gasteiger partial charge in [-0.1, -0.05) is 19.9 Å². The molecule has 0 aliphatic rings. The summed E-state index contributed by atoms with van der Waals surface area (Å²) in [6.07, 6.45) is 2.35. The fraction of sp³-hybridized carbons (Fsp3) is 0.462. The second kappa shape index (κ2) is 6.88. The Morgan fingerprint density at radius 3 is 2.81 bits per heavy atom. The number of hydrogen-bond acceptors (Lipinski definition) is 3. The highest BCUT2D eigenvalue weighted by Gasteiger charge is 2.03. The number of nitrogens with one attached hydrogen (secondary N) is 1. The highest BCUT2D eigenvalue weighted by atomic mass is 16.5. The maximum Gasteiger partial charge on any atom is 0.311 e. The minimum atomic E-state index is -0.171. The number of rotatable bonds is 6. The smallest absolute Gasteiger partial charge is 0.311 e.